The molecule has 2 atom stereocenters. The van der Waals surface area contributed by atoms with Crippen molar-refractivity contribution in [1.29, 1.82) is 0 Å². The monoisotopic (exact) mass is 288 g/mol. The third-order valence-electron chi connectivity index (χ3n) is 2.85. The summed E-state index contributed by atoms with van der Waals surface area (Å²) in [6.45, 7) is 1.74. The Kier molecular flexibility index (Phi) is 6.96. The van der Waals surface area contributed by atoms with E-state index in [1.54, 1.807) is 0 Å². The highest BCUT2D eigenvalue weighted by Crippen LogP contribution is 2.02. The molecule has 0 aromatic rings. The normalized spacial score (nSPS) is 19.8. The largest absolute Gasteiger partial charge is 0.469 e. The Morgan fingerprint density at radius 2 is 2.10 bits per heavy atom. The number of esters is 2. The first-order valence-corrected chi connectivity index (χ1v) is 6.32. The lowest BCUT2D eigenvalue weighted by Crippen LogP contribution is -2.48. The van der Waals surface area contributed by atoms with Gasteiger partial charge < -0.3 is 24.8 Å². The molecule has 0 bridgehead atoms. The van der Waals surface area contributed by atoms with Gasteiger partial charge in [-0.05, 0) is 0 Å². The highest BCUT2D eigenvalue weighted by atomic mass is 16.5. The van der Waals surface area contributed by atoms with Crippen LogP contribution in [0.2, 0.25) is 0 Å². The molecule has 0 aliphatic carbocycles. The molecule has 1 fully saturated rings. The van der Waals surface area contributed by atoms with Gasteiger partial charge in [-0.1, -0.05) is 0 Å². The van der Waals surface area contributed by atoms with Gasteiger partial charge in [0.2, 0.25) is 5.91 Å². The highest BCUT2D eigenvalue weighted by molar-refractivity contribution is 5.88. The van der Waals surface area contributed by atoms with Crippen molar-refractivity contribution in [3.05, 3.63) is 0 Å². The van der Waals surface area contributed by atoms with Crippen molar-refractivity contribution in [1.82, 2.24) is 10.6 Å². The SMILES string of the molecule is COC(=O)CC(NC(=O)CC1COCCN1)C(=O)OC. The summed E-state index contributed by atoms with van der Waals surface area (Å²) in [6, 6.07) is -1.13. The third kappa shape index (κ3) is 5.54. The quantitative estimate of drug-likeness (QED) is 0.578. The second kappa shape index (κ2) is 8.49. The molecule has 114 valence electrons. The number of methoxy groups -OCH3 is 2. The van der Waals surface area contributed by atoms with Crippen LogP contribution in [0.3, 0.4) is 0 Å². The second-order valence-electron chi connectivity index (χ2n) is 4.35. The van der Waals surface area contributed by atoms with E-state index in [1.165, 1.54) is 14.2 Å². The minimum atomic E-state index is -1.04. The molecule has 1 aliphatic heterocycles. The Morgan fingerprint density at radius 1 is 1.35 bits per heavy atom. The zero-order chi connectivity index (χ0) is 15.0. The predicted molar refractivity (Wildman–Crippen MR) is 67.8 cm³/mol. The lowest BCUT2D eigenvalue weighted by Gasteiger charge is -2.24. The van der Waals surface area contributed by atoms with E-state index in [2.05, 4.69) is 20.1 Å². The van der Waals surface area contributed by atoms with Crippen molar-refractivity contribution >= 4 is 17.8 Å². The predicted octanol–water partition coefficient (Wildman–Crippen LogP) is -1.41. The fourth-order valence-electron chi connectivity index (χ4n) is 1.81. The Morgan fingerprint density at radius 3 is 2.65 bits per heavy atom. The fourth-order valence-corrected chi connectivity index (χ4v) is 1.81. The van der Waals surface area contributed by atoms with Gasteiger partial charge in [0, 0.05) is 19.0 Å². The lowest BCUT2D eigenvalue weighted by molar-refractivity contribution is -0.150. The number of hydrogen-bond acceptors (Lipinski definition) is 7. The minimum absolute atomic E-state index is 0.0971. The van der Waals surface area contributed by atoms with Gasteiger partial charge in [0.15, 0.2) is 0 Å². The van der Waals surface area contributed by atoms with E-state index >= 15 is 0 Å². The van der Waals surface area contributed by atoms with E-state index in [-0.39, 0.29) is 24.8 Å². The topological polar surface area (TPSA) is 103 Å². The van der Waals surface area contributed by atoms with Gasteiger partial charge in [-0.15, -0.1) is 0 Å². The molecule has 8 heteroatoms. The molecule has 1 amide bonds. The van der Waals surface area contributed by atoms with Gasteiger partial charge >= 0.3 is 11.9 Å². The zero-order valence-electron chi connectivity index (χ0n) is 11.6. The van der Waals surface area contributed by atoms with E-state index in [1.807, 2.05) is 0 Å². The van der Waals surface area contributed by atoms with E-state index in [9.17, 15) is 14.4 Å². The van der Waals surface area contributed by atoms with Gasteiger partial charge in [-0.2, -0.15) is 0 Å². The highest BCUT2D eigenvalue weighted by Gasteiger charge is 2.26. The van der Waals surface area contributed by atoms with Gasteiger partial charge in [0.1, 0.15) is 6.04 Å². The van der Waals surface area contributed by atoms with Crippen LogP contribution in [0.1, 0.15) is 12.8 Å². The van der Waals surface area contributed by atoms with Crippen molar-refractivity contribution in [3.8, 4) is 0 Å². The molecule has 0 saturated carbocycles. The number of ether oxygens (including phenoxy) is 3. The molecule has 0 spiro atoms. The van der Waals surface area contributed by atoms with Gasteiger partial charge in [0.25, 0.3) is 0 Å². The van der Waals surface area contributed by atoms with Crippen LogP contribution in [0.15, 0.2) is 0 Å². The summed E-state index contributed by atoms with van der Waals surface area (Å²) in [4.78, 5) is 34.6. The molecule has 0 aromatic heterocycles. The maximum Gasteiger partial charge on any atom is 0.328 e. The average molecular weight is 288 g/mol. The molecular formula is C12H20N2O6. The van der Waals surface area contributed by atoms with Crippen molar-refractivity contribution in [2.45, 2.75) is 24.9 Å². The first kappa shape index (κ1) is 16.4. The number of rotatable bonds is 6. The van der Waals surface area contributed by atoms with E-state index in [4.69, 9.17) is 4.74 Å². The van der Waals surface area contributed by atoms with Crippen LogP contribution in [0.4, 0.5) is 0 Å². The van der Waals surface area contributed by atoms with Gasteiger partial charge in [-0.3, -0.25) is 9.59 Å². The molecule has 0 radical (unpaired) electrons. The van der Waals surface area contributed by atoms with Crippen LogP contribution in [0, 0.1) is 0 Å². The van der Waals surface area contributed by atoms with Crippen molar-refractivity contribution in [2.75, 3.05) is 34.0 Å². The second-order valence-corrected chi connectivity index (χ2v) is 4.35. The summed E-state index contributed by atoms with van der Waals surface area (Å²) in [7, 11) is 2.40. The summed E-state index contributed by atoms with van der Waals surface area (Å²) in [5.41, 5.74) is 0. The van der Waals surface area contributed by atoms with E-state index < -0.39 is 18.0 Å². The van der Waals surface area contributed by atoms with Crippen LogP contribution in [0.5, 0.6) is 0 Å². The molecular weight excluding hydrogens is 268 g/mol. The summed E-state index contributed by atoms with van der Waals surface area (Å²) in [5.74, 6) is -1.64. The maximum atomic E-state index is 11.8. The molecule has 8 nitrogen and oxygen atoms in total. The standard InChI is InChI=1S/C12H20N2O6/c1-18-11(16)6-9(12(17)19-2)14-10(15)5-8-7-20-4-3-13-8/h8-9,13H,3-7H2,1-2H3,(H,14,15). The molecule has 1 heterocycles. The lowest BCUT2D eigenvalue weighted by atomic mass is 10.1. The van der Waals surface area contributed by atoms with Crippen LogP contribution in [-0.4, -0.2) is 63.9 Å². The van der Waals surface area contributed by atoms with Crippen molar-refractivity contribution < 1.29 is 28.6 Å². The minimum Gasteiger partial charge on any atom is -0.469 e. The number of nitrogens with one attached hydrogen (secondary N) is 2. The molecule has 2 unspecified atom stereocenters. The maximum absolute atomic E-state index is 11.8. The van der Waals surface area contributed by atoms with Crippen molar-refractivity contribution in [3.63, 3.8) is 0 Å². The van der Waals surface area contributed by atoms with E-state index in [0.717, 1.165) is 0 Å². The molecule has 1 saturated heterocycles. The van der Waals surface area contributed by atoms with Crippen LogP contribution in [-0.2, 0) is 28.6 Å². The van der Waals surface area contributed by atoms with Gasteiger partial charge in [-0.25, -0.2) is 4.79 Å². The number of morpholine rings is 1. The fraction of sp³-hybridized carbons (Fsp3) is 0.750. The molecule has 2 N–H and O–H groups in total. The summed E-state index contributed by atoms with van der Waals surface area (Å²) in [5, 5.41) is 5.60. The molecule has 1 rings (SSSR count). The summed E-state index contributed by atoms with van der Waals surface area (Å²) >= 11 is 0. The average Bonchev–Trinajstić information content (AvgIpc) is 2.46. The van der Waals surface area contributed by atoms with Crippen LogP contribution in [0.25, 0.3) is 0 Å². The third-order valence-corrected chi connectivity index (χ3v) is 2.85. The van der Waals surface area contributed by atoms with Gasteiger partial charge in [0.05, 0.1) is 33.9 Å². The first-order valence-electron chi connectivity index (χ1n) is 6.32. The molecule has 1 aliphatic rings. The number of carbonyl (C=O) groups is 3. The Hall–Kier alpha value is -1.67. The number of hydrogen-bond donors (Lipinski definition) is 2. The Labute approximate surface area is 117 Å². The molecule has 20 heavy (non-hydrogen) atoms. The van der Waals surface area contributed by atoms with Crippen molar-refractivity contribution in [2.24, 2.45) is 0 Å². The van der Waals surface area contributed by atoms with E-state index in [0.29, 0.717) is 19.8 Å². The smallest absolute Gasteiger partial charge is 0.328 e. The Balaban J connectivity index is 2.47. The van der Waals surface area contributed by atoms with Crippen LogP contribution < -0.4 is 10.6 Å². The number of carbonyl (C=O) groups excluding carboxylic acids is 3. The van der Waals surface area contributed by atoms with Crippen LogP contribution >= 0.6 is 0 Å². The zero-order valence-corrected chi connectivity index (χ0v) is 11.6. The Bertz CT molecular complexity index is 354. The first-order chi connectivity index (χ1) is 9.56. The molecule has 0 aromatic carbocycles. The summed E-state index contributed by atoms with van der Waals surface area (Å²) < 4.78 is 14.3. The summed E-state index contributed by atoms with van der Waals surface area (Å²) in [6.07, 6.45) is -0.0990. The number of amides is 1.